The molecule has 0 spiro atoms. The van der Waals surface area contributed by atoms with Crippen molar-refractivity contribution in [2.24, 2.45) is 0 Å². The van der Waals surface area contributed by atoms with Crippen LogP contribution >= 0.6 is 34.8 Å². The topological polar surface area (TPSA) is 80.1 Å². The van der Waals surface area contributed by atoms with Gasteiger partial charge in [0.2, 0.25) is 5.89 Å². The van der Waals surface area contributed by atoms with Crippen molar-refractivity contribution >= 4 is 62.7 Å². The highest BCUT2D eigenvalue weighted by Crippen LogP contribution is 2.26. The Kier molecular flexibility index (Phi) is 5.54. The Hall–Kier alpha value is -2.85. The molecule has 0 bridgehead atoms. The van der Waals surface area contributed by atoms with E-state index in [0.717, 1.165) is 20.4 Å². The number of carbonyl (C=O) groups excluding carboxylic acids is 1. The van der Waals surface area contributed by atoms with Gasteiger partial charge in [-0.3, -0.25) is 10.1 Å². The van der Waals surface area contributed by atoms with Crippen molar-refractivity contribution < 1.29 is 9.21 Å². The molecule has 8 heteroatoms. The molecule has 0 radical (unpaired) electrons. The summed E-state index contributed by atoms with van der Waals surface area (Å²) in [4.78, 5) is 20.9. The van der Waals surface area contributed by atoms with Gasteiger partial charge < -0.3 is 9.73 Å². The smallest absolute Gasteiger partial charge is 0.257 e. The summed E-state index contributed by atoms with van der Waals surface area (Å²) in [6.45, 7) is 1.94. The first kappa shape index (κ1) is 19.5. The Morgan fingerprint density at radius 1 is 1.14 bits per heavy atom. The Bertz CT molecular complexity index is 1210. The number of rotatable bonds is 3. The van der Waals surface area contributed by atoms with Crippen LogP contribution in [0.1, 0.15) is 15.9 Å². The highest BCUT2D eigenvalue weighted by Gasteiger charge is 2.12. The summed E-state index contributed by atoms with van der Waals surface area (Å²) in [5.74, 6) is 0.247. The van der Waals surface area contributed by atoms with Crippen molar-refractivity contribution in [3.8, 4) is 11.5 Å². The first-order valence-corrected chi connectivity index (χ1v) is 10.2. The number of halogens is 1. The van der Waals surface area contributed by atoms with Crippen molar-refractivity contribution in [2.45, 2.75) is 6.92 Å². The van der Waals surface area contributed by atoms with Crippen LogP contribution in [0.15, 0.2) is 65.2 Å². The molecule has 2 aromatic carbocycles. The van der Waals surface area contributed by atoms with Gasteiger partial charge in [0.15, 0.2) is 16.3 Å². The molecule has 0 saturated heterocycles. The molecule has 0 atom stereocenters. The van der Waals surface area contributed by atoms with Crippen LogP contribution in [0.5, 0.6) is 0 Å². The first-order valence-electron chi connectivity index (χ1n) is 8.70. The highest BCUT2D eigenvalue weighted by atomic mass is 127. The molecule has 0 aliphatic heterocycles. The van der Waals surface area contributed by atoms with Crippen LogP contribution < -0.4 is 10.6 Å². The summed E-state index contributed by atoms with van der Waals surface area (Å²) >= 11 is 7.45. The van der Waals surface area contributed by atoms with Gasteiger partial charge in [0.1, 0.15) is 0 Å². The largest absolute Gasteiger partial charge is 0.434 e. The van der Waals surface area contributed by atoms with Crippen LogP contribution in [0.25, 0.3) is 22.7 Å². The maximum atomic E-state index is 12.3. The van der Waals surface area contributed by atoms with Crippen LogP contribution in [-0.2, 0) is 0 Å². The van der Waals surface area contributed by atoms with Crippen molar-refractivity contribution in [3.63, 3.8) is 0 Å². The lowest BCUT2D eigenvalue weighted by atomic mass is 10.1. The second-order valence-corrected chi connectivity index (χ2v) is 7.95. The number of aryl methyl sites for hydroxylation is 1. The third kappa shape index (κ3) is 4.43. The highest BCUT2D eigenvalue weighted by molar-refractivity contribution is 14.1. The van der Waals surface area contributed by atoms with E-state index in [-0.39, 0.29) is 11.0 Å². The number of hydrogen-bond donors (Lipinski definition) is 2. The molecule has 0 aliphatic carbocycles. The van der Waals surface area contributed by atoms with E-state index in [1.807, 2.05) is 43.3 Å². The minimum Gasteiger partial charge on any atom is -0.434 e. The third-order valence-electron chi connectivity index (χ3n) is 4.20. The molecule has 0 saturated carbocycles. The van der Waals surface area contributed by atoms with E-state index in [1.165, 1.54) is 0 Å². The monoisotopic (exact) mass is 514 g/mol. The number of aromatic nitrogens is 2. The van der Waals surface area contributed by atoms with Crippen molar-refractivity contribution in [1.29, 1.82) is 0 Å². The Balaban J connectivity index is 1.48. The van der Waals surface area contributed by atoms with E-state index in [2.05, 4.69) is 43.2 Å². The molecule has 4 rings (SSSR count). The van der Waals surface area contributed by atoms with Crippen LogP contribution in [-0.4, -0.2) is 21.0 Å². The second kappa shape index (κ2) is 8.26. The maximum Gasteiger partial charge on any atom is 0.257 e. The van der Waals surface area contributed by atoms with Crippen molar-refractivity contribution in [3.05, 3.63) is 75.5 Å². The molecule has 144 valence electrons. The molecule has 6 nitrogen and oxygen atoms in total. The Morgan fingerprint density at radius 3 is 2.76 bits per heavy atom. The number of nitrogens with one attached hydrogen (secondary N) is 2. The fraction of sp³-hybridized carbons (Fsp3) is 0.0476. The summed E-state index contributed by atoms with van der Waals surface area (Å²) in [6.07, 6.45) is 1.68. The minimum absolute atomic E-state index is 0.232. The zero-order valence-electron chi connectivity index (χ0n) is 15.3. The fourth-order valence-corrected chi connectivity index (χ4v) is 3.53. The van der Waals surface area contributed by atoms with Gasteiger partial charge in [0.25, 0.3) is 5.91 Å². The van der Waals surface area contributed by atoms with Crippen molar-refractivity contribution in [1.82, 2.24) is 15.3 Å². The molecular formula is C21H15IN4O2S. The fourth-order valence-electron chi connectivity index (χ4n) is 2.79. The first-order chi connectivity index (χ1) is 14.0. The van der Waals surface area contributed by atoms with E-state index < -0.39 is 0 Å². The summed E-state index contributed by atoms with van der Waals surface area (Å²) in [6, 6.07) is 16.6. The molecule has 0 unspecified atom stereocenters. The zero-order chi connectivity index (χ0) is 20.4. The lowest BCUT2D eigenvalue weighted by molar-refractivity contribution is 0.0977. The van der Waals surface area contributed by atoms with Gasteiger partial charge in [-0.1, -0.05) is 6.07 Å². The SMILES string of the molecule is Cc1cc(-c2nc3ncccc3o2)ccc1NC(=S)NC(=O)c1cccc(I)c1. The van der Waals surface area contributed by atoms with Gasteiger partial charge in [0.05, 0.1) is 0 Å². The average molecular weight is 514 g/mol. The van der Waals surface area contributed by atoms with E-state index in [9.17, 15) is 4.79 Å². The number of pyridine rings is 1. The Labute approximate surface area is 185 Å². The minimum atomic E-state index is -0.255. The van der Waals surface area contributed by atoms with Gasteiger partial charge >= 0.3 is 0 Å². The number of fused-ring (bicyclic) bond motifs is 1. The van der Waals surface area contributed by atoms with Gasteiger partial charge in [0, 0.05) is 26.6 Å². The van der Waals surface area contributed by atoms with Crippen LogP contribution in [0.3, 0.4) is 0 Å². The maximum absolute atomic E-state index is 12.3. The third-order valence-corrected chi connectivity index (χ3v) is 5.08. The van der Waals surface area contributed by atoms with Gasteiger partial charge in [-0.05, 0) is 95.8 Å². The molecular weight excluding hydrogens is 499 g/mol. The number of hydrogen-bond acceptors (Lipinski definition) is 5. The van der Waals surface area contributed by atoms with Crippen molar-refractivity contribution in [2.75, 3.05) is 5.32 Å². The van der Waals surface area contributed by atoms with Gasteiger partial charge in [-0.15, -0.1) is 0 Å². The molecule has 2 heterocycles. The van der Waals surface area contributed by atoms with Crippen LogP contribution in [0.4, 0.5) is 5.69 Å². The molecule has 4 aromatic rings. The molecule has 2 aromatic heterocycles. The number of thiocarbonyl (C=S) groups is 1. The number of anilines is 1. The predicted octanol–water partition coefficient (Wildman–Crippen LogP) is 4.93. The zero-order valence-corrected chi connectivity index (χ0v) is 18.2. The number of nitrogens with zero attached hydrogens (tertiary/aromatic N) is 2. The molecule has 0 fully saturated rings. The number of benzene rings is 2. The molecule has 29 heavy (non-hydrogen) atoms. The number of carbonyl (C=O) groups is 1. The summed E-state index contributed by atoms with van der Waals surface area (Å²) in [7, 11) is 0. The van der Waals surface area contributed by atoms with E-state index in [4.69, 9.17) is 16.6 Å². The molecule has 2 N–H and O–H groups in total. The molecule has 0 aliphatic rings. The predicted molar refractivity (Wildman–Crippen MR) is 125 cm³/mol. The molecule has 1 amide bonds. The lowest BCUT2D eigenvalue weighted by Gasteiger charge is -2.12. The Morgan fingerprint density at radius 2 is 2.00 bits per heavy atom. The summed E-state index contributed by atoms with van der Waals surface area (Å²) < 4.78 is 6.75. The van der Waals surface area contributed by atoms with Crippen LogP contribution in [0.2, 0.25) is 0 Å². The quantitative estimate of drug-likeness (QED) is 0.298. The van der Waals surface area contributed by atoms with E-state index in [1.54, 1.807) is 24.4 Å². The average Bonchev–Trinajstić information content (AvgIpc) is 3.13. The van der Waals surface area contributed by atoms with E-state index in [0.29, 0.717) is 22.7 Å². The second-order valence-electron chi connectivity index (χ2n) is 6.29. The summed E-state index contributed by atoms with van der Waals surface area (Å²) in [5, 5.41) is 6.00. The standard InChI is InChI=1S/C21H15IN4O2S/c1-12-10-14(20-25-18-17(28-20)6-3-9-23-18)7-8-16(12)24-21(29)26-19(27)13-4-2-5-15(22)11-13/h2-11H,1H3,(H2,24,26,27,29). The van der Waals surface area contributed by atoms with Gasteiger partial charge in [-0.25, -0.2) is 4.98 Å². The van der Waals surface area contributed by atoms with Gasteiger partial charge in [-0.2, -0.15) is 4.98 Å². The normalized spacial score (nSPS) is 10.7. The summed E-state index contributed by atoms with van der Waals surface area (Å²) in [5.41, 5.74) is 4.32. The lowest BCUT2D eigenvalue weighted by Crippen LogP contribution is -2.34. The number of amides is 1. The van der Waals surface area contributed by atoms with E-state index >= 15 is 0 Å². The number of oxazole rings is 1. The van der Waals surface area contributed by atoms with Crippen LogP contribution in [0, 0.1) is 10.5 Å².